The molecule has 1 saturated heterocycles. The Balaban J connectivity index is 1.10. The van der Waals surface area contributed by atoms with E-state index in [4.69, 9.17) is 5.73 Å². The van der Waals surface area contributed by atoms with E-state index in [0.717, 1.165) is 33.2 Å². The van der Waals surface area contributed by atoms with E-state index in [2.05, 4.69) is 38.6 Å². The van der Waals surface area contributed by atoms with Gasteiger partial charge in [0.05, 0.1) is 11.8 Å². The number of carbonyl (C=O) groups is 2. The largest absolute Gasteiger partial charge is 0.383 e. The summed E-state index contributed by atoms with van der Waals surface area (Å²) in [5.74, 6) is -0.185. The van der Waals surface area contributed by atoms with Gasteiger partial charge in [-0.05, 0) is 59.3 Å². The van der Waals surface area contributed by atoms with Gasteiger partial charge >= 0.3 is 0 Å². The zero-order valence-corrected chi connectivity index (χ0v) is 20.9. The molecule has 5 aromatic rings. The van der Waals surface area contributed by atoms with Gasteiger partial charge in [0.25, 0.3) is 11.8 Å². The summed E-state index contributed by atoms with van der Waals surface area (Å²) in [5.41, 5.74) is 11.8. The zero-order valence-electron chi connectivity index (χ0n) is 20.9. The molecule has 190 valence electrons. The number of nitrogen functional groups attached to an aromatic ring is 1. The van der Waals surface area contributed by atoms with Crippen LogP contribution in [0.3, 0.4) is 0 Å². The minimum atomic E-state index is -0.302. The van der Waals surface area contributed by atoms with Crippen LogP contribution in [0.4, 0.5) is 5.82 Å². The highest BCUT2D eigenvalue weighted by Crippen LogP contribution is 2.25. The molecule has 9 nitrogen and oxygen atoms in total. The Kier molecular flexibility index (Phi) is 5.88. The van der Waals surface area contributed by atoms with E-state index in [1.165, 1.54) is 0 Å². The molecule has 0 bridgehead atoms. The number of likely N-dealkylation sites (tertiary alicyclic amines) is 1. The predicted octanol–water partition coefficient (Wildman–Crippen LogP) is 3.86. The number of hydrogen-bond acceptors (Lipinski definition) is 5. The van der Waals surface area contributed by atoms with Crippen LogP contribution < -0.4 is 11.1 Å². The minimum absolute atomic E-state index is 0.0471. The number of pyridine rings is 1. The second kappa shape index (κ2) is 9.51. The molecule has 0 radical (unpaired) electrons. The molecule has 0 aliphatic carbocycles. The van der Waals surface area contributed by atoms with Gasteiger partial charge in [0, 0.05) is 67.0 Å². The molecule has 9 heteroatoms. The number of amides is 2. The second-order valence-electron chi connectivity index (χ2n) is 9.63. The van der Waals surface area contributed by atoms with Crippen molar-refractivity contribution in [2.75, 3.05) is 18.8 Å². The highest BCUT2D eigenvalue weighted by atomic mass is 16.2. The van der Waals surface area contributed by atoms with Crippen molar-refractivity contribution in [3.05, 3.63) is 90.5 Å². The van der Waals surface area contributed by atoms with Gasteiger partial charge in [0.2, 0.25) is 0 Å². The topological polar surface area (TPSA) is 122 Å². The number of aryl methyl sites for hydroxylation is 1. The van der Waals surface area contributed by atoms with E-state index in [1.807, 2.05) is 49.8 Å². The first-order valence-electron chi connectivity index (χ1n) is 12.5. The van der Waals surface area contributed by atoms with Crippen molar-refractivity contribution in [3.8, 4) is 22.3 Å². The summed E-state index contributed by atoms with van der Waals surface area (Å²) in [6.07, 6.45) is 7.78. The van der Waals surface area contributed by atoms with E-state index in [-0.39, 0.29) is 23.7 Å². The average molecular weight is 506 g/mol. The number of fused-ring (bicyclic) bond motifs is 1. The van der Waals surface area contributed by atoms with Gasteiger partial charge in [-0.15, -0.1) is 0 Å². The number of rotatable bonds is 5. The van der Waals surface area contributed by atoms with Crippen LogP contribution in [0, 0.1) is 0 Å². The van der Waals surface area contributed by atoms with Crippen LogP contribution in [0.1, 0.15) is 27.1 Å². The maximum atomic E-state index is 13.2. The van der Waals surface area contributed by atoms with Gasteiger partial charge in [0.15, 0.2) is 0 Å². The number of carbonyl (C=O) groups excluding carboxylic acids is 2. The van der Waals surface area contributed by atoms with Crippen molar-refractivity contribution in [2.45, 2.75) is 12.5 Å². The standard InChI is InChI=1S/C29H27N7O2/c1-35-16-23(15-33-35)22-13-25(27(30)32-14-22)28(37)34-24-9-11-36(17-24)29(38)19-4-2-18(3-5-19)20-6-7-26-21(12-20)8-10-31-26/h2-8,10,12-16,24,31H,9,11,17H2,1H3,(H2,30,32)(H,34,37). The van der Waals surface area contributed by atoms with Crippen molar-refractivity contribution in [1.29, 1.82) is 0 Å². The third kappa shape index (κ3) is 4.50. The number of aromatic nitrogens is 4. The van der Waals surface area contributed by atoms with Gasteiger partial charge in [-0.3, -0.25) is 14.3 Å². The summed E-state index contributed by atoms with van der Waals surface area (Å²) in [6, 6.07) is 17.5. The number of H-pyrrole nitrogens is 1. The van der Waals surface area contributed by atoms with Crippen LogP contribution in [-0.2, 0) is 7.05 Å². The van der Waals surface area contributed by atoms with Crippen molar-refractivity contribution in [3.63, 3.8) is 0 Å². The number of nitrogens with one attached hydrogen (secondary N) is 2. The van der Waals surface area contributed by atoms with E-state index in [1.54, 1.807) is 28.0 Å². The summed E-state index contributed by atoms with van der Waals surface area (Å²) in [4.78, 5) is 35.4. The van der Waals surface area contributed by atoms with Gasteiger partial charge < -0.3 is 20.9 Å². The number of nitrogens with zero attached hydrogens (tertiary/aromatic N) is 4. The molecule has 4 heterocycles. The van der Waals surface area contributed by atoms with Gasteiger partial charge in [-0.2, -0.15) is 5.10 Å². The molecule has 4 N–H and O–H groups in total. The van der Waals surface area contributed by atoms with Crippen molar-refractivity contribution in [1.82, 2.24) is 30.0 Å². The fourth-order valence-corrected chi connectivity index (χ4v) is 4.93. The summed E-state index contributed by atoms with van der Waals surface area (Å²) in [7, 11) is 1.83. The number of hydrogen-bond donors (Lipinski definition) is 3. The fourth-order valence-electron chi connectivity index (χ4n) is 4.93. The SMILES string of the molecule is Cn1cc(-c2cnc(N)c(C(=O)NC3CCN(C(=O)c4ccc(-c5ccc6[nH]ccc6c5)cc4)C3)c2)cn1. The Bertz CT molecular complexity index is 1650. The second-order valence-corrected chi connectivity index (χ2v) is 9.63. The highest BCUT2D eigenvalue weighted by molar-refractivity contribution is 6.00. The molecule has 1 unspecified atom stereocenters. The lowest BCUT2D eigenvalue weighted by Crippen LogP contribution is -2.38. The lowest BCUT2D eigenvalue weighted by Gasteiger charge is -2.18. The summed E-state index contributed by atoms with van der Waals surface area (Å²) in [5, 5.41) is 8.34. The van der Waals surface area contributed by atoms with Gasteiger partial charge in [-0.25, -0.2) is 4.98 Å². The third-order valence-corrected chi connectivity index (χ3v) is 7.03. The normalized spacial score (nSPS) is 15.2. The molecule has 0 saturated carbocycles. The molecule has 0 spiro atoms. The molecular formula is C29H27N7O2. The Labute approximate surface area is 219 Å². The lowest BCUT2D eigenvalue weighted by atomic mass is 10.0. The molecule has 1 fully saturated rings. The monoisotopic (exact) mass is 505 g/mol. The van der Waals surface area contributed by atoms with Crippen molar-refractivity contribution >= 4 is 28.5 Å². The van der Waals surface area contributed by atoms with Crippen LogP contribution in [0.2, 0.25) is 0 Å². The smallest absolute Gasteiger partial charge is 0.255 e. The molecule has 1 atom stereocenters. The van der Waals surface area contributed by atoms with Crippen LogP contribution >= 0.6 is 0 Å². The minimum Gasteiger partial charge on any atom is -0.383 e. The van der Waals surface area contributed by atoms with Crippen molar-refractivity contribution in [2.24, 2.45) is 7.05 Å². The lowest BCUT2D eigenvalue weighted by molar-refractivity contribution is 0.0783. The first-order chi connectivity index (χ1) is 18.4. The quantitative estimate of drug-likeness (QED) is 0.335. The fraction of sp³-hybridized carbons (Fsp3) is 0.172. The first kappa shape index (κ1) is 23.5. The maximum Gasteiger partial charge on any atom is 0.255 e. The van der Waals surface area contributed by atoms with Crippen LogP contribution in [0.25, 0.3) is 33.2 Å². The molecular weight excluding hydrogens is 478 g/mol. The molecule has 38 heavy (non-hydrogen) atoms. The molecule has 3 aromatic heterocycles. The number of nitrogens with two attached hydrogens (primary N) is 1. The summed E-state index contributed by atoms with van der Waals surface area (Å²) in [6.45, 7) is 1.01. The van der Waals surface area contributed by atoms with Crippen LogP contribution in [0.5, 0.6) is 0 Å². The van der Waals surface area contributed by atoms with E-state index in [9.17, 15) is 9.59 Å². The molecule has 1 aliphatic rings. The molecule has 2 amide bonds. The highest BCUT2D eigenvalue weighted by Gasteiger charge is 2.29. The Morgan fingerprint density at radius 3 is 2.61 bits per heavy atom. The van der Waals surface area contributed by atoms with E-state index in [0.29, 0.717) is 30.6 Å². The molecule has 2 aromatic carbocycles. The Morgan fingerprint density at radius 1 is 1.00 bits per heavy atom. The zero-order chi connectivity index (χ0) is 26.2. The van der Waals surface area contributed by atoms with Crippen LogP contribution in [-0.4, -0.2) is 55.6 Å². The molecule has 6 rings (SSSR count). The summed E-state index contributed by atoms with van der Waals surface area (Å²) >= 11 is 0. The number of anilines is 1. The van der Waals surface area contributed by atoms with Gasteiger partial charge in [-0.1, -0.05) is 18.2 Å². The first-order valence-corrected chi connectivity index (χ1v) is 12.5. The average Bonchev–Trinajstić information content (AvgIpc) is 3.69. The van der Waals surface area contributed by atoms with Crippen molar-refractivity contribution < 1.29 is 9.59 Å². The predicted molar refractivity (Wildman–Crippen MR) is 146 cm³/mol. The molecule has 1 aliphatic heterocycles. The number of benzene rings is 2. The number of aromatic amines is 1. The van der Waals surface area contributed by atoms with Gasteiger partial charge in [0.1, 0.15) is 5.82 Å². The van der Waals surface area contributed by atoms with E-state index >= 15 is 0 Å². The van der Waals surface area contributed by atoms with E-state index < -0.39 is 0 Å². The maximum absolute atomic E-state index is 13.2. The third-order valence-electron chi connectivity index (χ3n) is 7.03. The Morgan fingerprint density at radius 2 is 1.82 bits per heavy atom. The van der Waals surface area contributed by atoms with Crippen LogP contribution in [0.15, 0.2) is 79.4 Å². The Hall–Kier alpha value is -4.92. The summed E-state index contributed by atoms with van der Waals surface area (Å²) < 4.78 is 1.69.